The van der Waals surface area contributed by atoms with Gasteiger partial charge in [-0.05, 0) is 29.1 Å². The summed E-state index contributed by atoms with van der Waals surface area (Å²) < 4.78 is 31.3. The molecule has 2 aromatic heterocycles. The molecule has 1 atom stereocenters. The van der Waals surface area contributed by atoms with Gasteiger partial charge in [0.25, 0.3) is 0 Å². The van der Waals surface area contributed by atoms with Crippen LogP contribution in [0.25, 0.3) is 0 Å². The standard InChI is InChI=1S/C18H18N2O4S2/c21-18(19-12-14-6-2-1-3-7-14)20-13-16(15-8-4-10-24-15)26(22,23)17-9-5-11-25-17/h1-11,16H,12-13H2,(H2,19,20,21). The highest BCUT2D eigenvalue weighted by Crippen LogP contribution is 2.31. The van der Waals surface area contributed by atoms with Crippen LogP contribution in [-0.4, -0.2) is 21.0 Å². The molecule has 1 unspecified atom stereocenters. The molecule has 2 heterocycles. The third-order valence-corrected chi connectivity index (χ3v) is 7.25. The van der Waals surface area contributed by atoms with Crippen LogP contribution in [0.2, 0.25) is 0 Å². The molecule has 0 spiro atoms. The number of amides is 2. The van der Waals surface area contributed by atoms with Gasteiger partial charge in [-0.25, -0.2) is 13.2 Å². The summed E-state index contributed by atoms with van der Waals surface area (Å²) in [4.78, 5) is 12.1. The summed E-state index contributed by atoms with van der Waals surface area (Å²) in [6.07, 6.45) is 1.42. The fourth-order valence-corrected chi connectivity index (χ4v) is 5.22. The second-order valence-corrected chi connectivity index (χ2v) is 8.84. The van der Waals surface area contributed by atoms with Crippen molar-refractivity contribution >= 4 is 27.2 Å². The molecule has 26 heavy (non-hydrogen) atoms. The Morgan fingerprint density at radius 2 is 1.85 bits per heavy atom. The summed E-state index contributed by atoms with van der Waals surface area (Å²) in [7, 11) is -3.66. The van der Waals surface area contributed by atoms with Crippen molar-refractivity contribution in [2.75, 3.05) is 6.54 Å². The molecule has 3 aromatic rings. The number of thiophene rings is 1. The molecular weight excluding hydrogens is 372 g/mol. The van der Waals surface area contributed by atoms with Crippen molar-refractivity contribution in [1.82, 2.24) is 10.6 Å². The maximum absolute atomic E-state index is 12.9. The van der Waals surface area contributed by atoms with E-state index in [2.05, 4.69) is 10.6 Å². The van der Waals surface area contributed by atoms with E-state index < -0.39 is 21.1 Å². The molecular formula is C18H18N2O4S2. The highest BCUT2D eigenvalue weighted by Gasteiger charge is 2.32. The van der Waals surface area contributed by atoms with Gasteiger partial charge in [-0.15, -0.1) is 11.3 Å². The molecule has 0 aliphatic heterocycles. The summed E-state index contributed by atoms with van der Waals surface area (Å²) in [6, 6.07) is 15.5. The van der Waals surface area contributed by atoms with Crippen LogP contribution in [-0.2, 0) is 16.4 Å². The van der Waals surface area contributed by atoms with Gasteiger partial charge in [-0.3, -0.25) is 0 Å². The number of hydrogen-bond acceptors (Lipinski definition) is 5. The highest BCUT2D eigenvalue weighted by molar-refractivity contribution is 7.93. The van der Waals surface area contributed by atoms with Gasteiger partial charge >= 0.3 is 6.03 Å². The molecule has 0 aliphatic carbocycles. The first-order valence-electron chi connectivity index (χ1n) is 7.94. The zero-order valence-electron chi connectivity index (χ0n) is 13.8. The van der Waals surface area contributed by atoms with E-state index in [0.717, 1.165) is 16.9 Å². The van der Waals surface area contributed by atoms with Gasteiger partial charge in [-0.1, -0.05) is 36.4 Å². The predicted octanol–water partition coefficient (Wildman–Crippen LogP) is 3.36. The average molecular weight is 390 g/mol. The fourth-order valence-electron chi connectivity index (χ4n) is 2.43. The molecule has 0 saturated heterocycles. The first-order valence-corrected chi connectivity index (χ1v) is 10.4. The molecule has 0 radical (unpaired) electrons. The molecule has 1 aromatic carbocycles. The molecule has 3 rings (SSSR count). The minimum Gasteiger partial charge on any atom is -0.468 e. The number of carbonyl (C=O) groups is 1. The molecule has 6 nitrogen and oxygen atoms in total. The molecule has 0 aliphatic rings. The average Bonchev–Trinajstić information content (AvgIpc) is 3.35. The Morgan fingerprint density at radius 3 is 2.50 bits per heavy atom. The third kappa shape index (κ3) is 4.33. The van der Waals surface area contributed by atoms with E-state index in [1.807, 2.05) is 30.3 Å². The monoisotopic (exact) mass is 390 g/mol. The van der Waals surface area contributed by atoms with Gasteiger partial charge in [0.1, 0.15) is 15.2 Å². The topological polar surface area (TPSA) is 88.4 Å². The summed E-state index contributed by atoms with van der Waals surface area (Å²) in [5.74, 6) is 0.293. The van der Waals surface area contributed by atoms with Crippen molar-refractivity contribution in [3.05, 3.63) is 77.6 Å². The second-order valence-electron chi connectivity index (χ2n) is 5.53. The summed E-state index contributed by atoms with van der Waals surface area (Å²) in [5, 5.41) is 6.05. The number of benzene rings is 1. The Kier molecular flexibility index (Phi) is 5.75. The molecule has 136 valence electrons. The van der Waals surface area contributed by atoms with E-state index in [4.69, 9.17) is 4.42 Å². The van der Waals surface area contributed by atoms with Gasteiger partial charge in [0.15, 0.2) is 9.84 Å². The Morgan fingerprint density at radius 1 is 1.04 bits per heavy atom. The minimum absolute atomic E-state index is 0.0889. The normalized spacial score (nSPS) is 12.5. The number of nitrogens with one attached hydrogen (secondary N) is 2. The quantitative estimate of drug-likeness (QED) is 0.647. The first-order chi connectivity index (χ1) is 12.6. The number of carbonyl (C=O) groups excluding carboxylic acids is 1. The number of hydrogen-bond donors (Lipinski definition) is 2. The summed E-state index contributed by atoms with van der Waals surface area (Å²) >= 11 is 1.14. The minimum atomic E-state index is -3.66. The summed E-state index contributed by atoms with van der Waals surface area (Å²) in [6.45, 7) is 0.268. The Labute approximate surface area is 155 Å². The van der Waals surface area contributed by atoms with Crippen molar-refractivity contribution in [3.63, 3.8) is 0 Å². The van der Waals surface area contributed by atoms with Crippen molar-refractivity contribution < 1.29 is 17.6 Å². The summed E-state index contributed by atoms with van der Waals surface area (Å²) in [5.41, 5.74) is 0.955. The van der Waals surface area contributed by atoms with Crippen LogP contribution in [0.5, 0.6) is 0 Å². The lowest BCUT2D eigenvalue weighted by atomic mass is 10.2. The van der Waals surface area contributed by atoms with E-state index in [9.17, 15) is 13.2 Å². The molecule has 8 heteroatoms. The lowest BCUT2D eigenvalue weighted by Crippen LogP contribution is -2.38. The third-order valence-electron chi connectivity index (χ3n) is 3.75. The number of sulfone groups is 1. The van der Waals surface area contributed by atoms with Crippen LogP contribution in [0.3, 0.4) is 0 Å². The molecule has 0 fully saturated rings. The number of urea groups is 1. The lowest BCUT2D eigenvalue weighted by Gasteiger charge is -2.16. The van der Waals surface area contributed by atoms with E-state index in [-0.39, 0.29) is 10.8 Å². The van der Waals surface area contributed by atoms with E-state index in [0.29, 0.717) is 12.3 Å². The molecule has 2 amide bonds. The Balaban J connectivity index is 1.66. The van der Waals surface area contributed by atoms with Gasteiger partial charge in [-0.2, -0.15) is 0 Å². The van der Waals surface area contributed by atoms with E-state index in [1.54, 1.807) is 29.6 Å². The smallest absolute Gasteiger partial charge is 0.315 e. The maximum atomic E-state index is 12.9. The predicted molar refractivity (Wildman–Crippen MR) is 99.6 cm³/mol. The van der Waals surface area contributed by atoms with Crippen molar-refractivity contribution in [1.29, 1.82) is 0 Å². The Hall–Kier alpha value is -2.58. The van der Waals surface area contributed by atoms with Crippen LogP contribution in [0, 0.1) is 0 Å². The van der Waals surface area contributed by atoms with Gasteiger partial charge < -0.3 is 15.1 Å². The highest BCUT2D eigenvalue weighted by atomic mass is 32.2. The largest absolute Gasteiger partial charge is 0.468 e. The zero-order chi connectivity index (χ0) is 18.4. The fraction of sp³-hybridized carbons (Fsp3) is 0.167. The van der Waals surface area contributed by atoms with Crippen LogP contribution in [0.4, 0.5) is 4.79 Å². The van der Waals surface area contributed by atoms with Gasteiger partial charge in [0.2, 0.25) is 0 Å². The SMILES string of the molecule is O=C(NCc1ccccc1)NCC(c1ccco1)S(=O)(=O)c1cccs1. The maximum Gasteiger partial charge on any atom is 0.315 e. The van der Waals surface area contributed by atoms with Crippen molar-refractivity contribution in [3.8, 4) is 0 Å². The zero-order valence-corrected chi connectivity index (χ0v) is 15.4. The van der Waals surface area contributed by atoms with Crippen LogP contribution in [0.15, 0.2) is 74.9 Å². The first kappa shape index (κ1) is 18.2. The van der Waals surface area contributed by atoms with Crippen molar-refractivity contribution in [2.24, 2.45) is 0 Å². The Bertz CT molecular complexity index is 921. The number of furan rings is 1. The van der Waals surface area contributed by atoms with Gasteiger partial charge in [0.05, 0.1) is 6.26 Å². The van der Waals surface area contributed by atoms with Crippen LogP contribution in [0.1, 0.15) is 16.6 Å². The second kappa shape index (κ2) is 8.20. The van der Waals surface area contributed by atoms with Crippen LogP contribution >= 0.6 is 11.3 Å². The van der Waals surface area contributed by atoms with E-state index in [1.165, 1.54) is 6.26 Å². The molecule has 0 saturated carbocycles. The molecule has 0 bridgehead atoms. The molecule has 2 N–H and O–H groups in total. The van der Waals surface area contributed by atoms with Crippen LogP contribution < -0.4 is 10.6 Å². The van der Waals surface area contributed by atoms with Gasteiger partial charge in [0, 0.05) is 13.1 Å². The number of rotatable bonds is 7. The van der Waals surface area contributed by atoms with Crippen molar-refractivity contribution in [2.45, 2.75) is 16.0 Å². The lowest BCUT2D eigenvalue weighted by molar-refractivity contribution is 0.240. The van der Waals surface area contributed by atoms with E-state index >= 15 is 0 Å².